The van der Waals surface area contributed by atoms with Crippen molar-refractivity contribution in [3.8, 4) is 0 Å². The fourth-order valence-electron chi connectivity index (χ4n) is 4.17. The van der Waals surface area contributed by atoms with Crippen LogP contribution in [0.4, 0.5) is 15.3 Å². The Morgan fingerprint density at radius 3 is 2.55 bits per heavy atom. The molecule has 31 heavy (non-hydrogen) atoms. The molecule has 168 valence electrons. The highest BCUT2D eigenvalue weighted by Gasteiger charge is 2.55. The number of imide groups is 1. The van der Waals surface area contributed by atoms with Crippen molar-refractivity contribution in [2.45, 2.75) is 64.6 Å². The topological polar surface area (TPSA) is 120 Å². The predicted molar refractivity (Wildman–Crippen MR) is 116 cm³/mol. The number of anilines is 1. The second-order valence-corrected chi connectivity index (χ2v) is 8.67. The maximum Gasteiger partial charge on any atom is 0.325 e. The molecule has 1 saturated heterocycles. The number of urea groups is 2. The van der Waals surface area contributed by atoms with Crippen LogP contribution in [0, 0.1) is 5.92 Å². The van der Waals surface area contributed by atoms with Crippen molar-refractivity contribution < 1.29 is 19.2 Å². The van der Waals surface area contributed by atoms with E-state index in [0.29, 0.717) is 12.1 Å². The van der Waals surface area contributed by atoms with E-state index >= 15 is 0 Å². The summed E-state index contributed by atoms with van der Waals surface area (Å²) in [6.45, 7) is 5.68. The Morgan fingerprint density at radius 1 is 1.19 bits per heavy atom. The number of hydrogen-bond acceptors (Lipinski definition) is 4. The first kappa shape index (κ1) is 22.6. The first-order valence-corrected chi connectivity index (χ1v) is 10.8. The summed E-state index contributed by atoms with van der Waals surface area (Å²) in [5.74, 6) is -0.641. The van der Waals surface area contributed by atoms with Crippen LogP contribution >= 0.6 is 0 Å². The number of carbonyl (C=O) groups is 4. The van der Waals surface area contributed by atoms with E-state index in [2.05, 4.69) is 21.3 Å². The molecule has 2 atom stereocenters. The number of nitrogens with one attached hydrogen (secondary N) is 4. The molecule has 2 fully saturated rings. The van der Waals surface area contributed by atoms with Crippen LogP contribution in [0.25, 0.3) is 0 Å². The molecule has 1 aliphatic carbocycles. The van der Waals surface area contributed by atoms with E-state index in [1.165, 1.54) is 0 Å². The van der Waals surface area contributed by atoms with Crippen LogP contribution in [0.3, 0.4) is 0 Å². The summed E-state index contributed by atoms with van der Waals surface area (Å²) in [4.78, 5) is 50.4. The molecule has 6 amide bonds. The van der Waals surface area contributed by atoms with Gasteiger partial charge in [-0.1, -0.05) is 31.9 Å². The molecule has 0 aromatic heterocycles. The van der Waals surface area contributed by atoms with Gasteiger partial charge in [-0.15, -0.1) is 0 Å². The van der Waals surface area contributed by atoms with Crippen LogP contribution in [-0.4, -0.2) is 46.9 Å². The Hall–Kier alpha value is -3.10. The van der Waals surface area contributed by atoms with Gasteiger partial charge < -0.3 is 21.3 Å². The molecule has 2 aliphatic rings. The van der Waals surface area contributed by atoms with Gasteiger partial charge in [0.2, 0.25) is 5.91 Å². The lowest BCUT2D eigenvalue weighted by Crippen LogP contribution is -2.54. The Kier molecular flexibility index (Phi) is 6.82. The van der Waals surface area contributed by atoms with Crippen molar-refractivity contribution in [2.24, 2.45) is 5.92 Å². The third kappa shape index (κ3) is 5.15. The summed E-state index contributed by atoms with van der Waals surface area (Å²) in [5.41, 5.74) is 0.609. The summed E-state index contributed by atoms with van der Waals surface area (Å²) in [5, 5.41) is 11.1. The van der Waals surface area contributed by atoms with E-state index in [4.69, 9.17) is 0 Å². The molecule has 1 spiro atoms. The van der Waals surface area contributed by atoms with Crippen molar-refractivity contribution in [1.82, 2.24) is 20.9 Å². The van der Waals surface area contributed by atoms with E-state index in [1.54, 1.807) is 24.3 Å². The summed E-state index contributed by atoms with van der Waals surface area (Å²) in [6, 6.07) is 6.32. The zero-order valence-corrected chi connectivity index (χ0v) is 18.3. The Morgan fingerprint density at radius 2 is 1.90 bits per heavy atom. The van der Waals surface area contributed by atoms with Gasteiger partial charge >= 0.3 is 12.1 Å². The van der Waals surface area contributed by atoms with Crippen LogP contribution in [0.15, 0.2) is 24.3 Å². The molecule has 1 aliphatic heterocycles. The van der Waals surface area contributed by atoms with Gasteiger partial charge in [-0.25, -0.2) is 9.59 Å². The quantitative estimate of drug-likeness (QED) is 0.519. The molecule has 0 bridgehead atoms. The van der Waals surface area contributed by atoms with Crippen LogP contribution < -0.4 is 21.3 Å². The van der Waals surface area contributed by atoms with Crippen molar-refractivity contribution in [2.75, 3.05) is 11.9 Å². The number of amides is 6. The van der Waals surface area contributed by atoms with E-state index in [-0.39, 0.29) is 37.0 Å². The van der Waals surface area contributed by atoms with Gasteiger partial charge in [0, 0.05) is 18.3 Å². The molecule has 2 unspecified atom stereocenters. The molecule has 3 rings (SSSR count). The number of hydrogen-bond donors (Lipinski definition) is 4. The van der Waals surface area contributed by atoms with Gasteiger partial charge in [0.05, 0.1) is 0 Å². The largest absolute Gasteiger partial charge is 0.350 e. The molecule has 1 saturated carbocycles. The van der Waals surface area contributed by atoms with E-state index in [0.717, 1.165) is 29.7 Å². The highest BCUT2D eigenvalue weighted by molar-refractivity contribution is 6.09. The molecular weight excluding hydrogens is 398 g/mol. The zero-order valence-electron chi connectivity index (χ0n) is 18.3. The second kappa shape index (κ2) is 9.36. The van der Waals surface area contributed by atoms with E-state index in [1.807, 2.05) is 20.8 Å². The average molecular weight is 430 g/mol. The van der Waals surface area contributed by atoms with Crippen LogP contribution in [0.5, 0.6) is 0 Å². The molecule has 9 heteroatoms. The fraction of sp³-hybridized carbons (Fsp3) is 0.545. The lowest BCUT2D eigenvalue weighted by atomic mass is 9.73. The minimum atomic E-state index is -0.861. The Balaban J connectivity index is 1.50. The molecule has 1 heterocycles. The van der Waals surface area contributed by atoms with Crippen molar-refractivity contribution in [3.05, 3.63) is 29.8 Å². The lowest BCUT2D eigenvalue weighted by molar-refractivity contribution is -0.137. The highest BCUT2D eigenvalue weighted by Crippen LogP contribution is 2.38. The normalized spacial score (nSPS) is 23.1. The van der Waals surface area contributed by atoms with Gasteiger partial charge in [-0.05, 0) is 50.3 Å². The average Bonchev–Trinajstić information content (AvgIpc) is 2.94. The number of benzene rings is 1. The maximum atomic E-state index is 12.9. The van der Waals surface area contributed by atoms with Gasteiger partial charge in [-0.3, -0.25) is 14.5 Å². The molecule has 4 N–H and O–H groups in total. The first-order valence-electron chi connectivity index (χ1n) is 10.8. The van der Waals surface area contributed by atoms with Crippen molar-refractivity contribution in [1.29, 1.82) is 0 Å². The number of rotatable bonds is 6. The Bertz CT molecular complexity index is 854. The van der Waals surface area contributed by atoms with Crippen LogP contribution in [0.2, 0.25) is 0 Å². The van der Waals surface area contributed by atoms with Gasteiger partial charge in [-0.2, -0.15) is 0 Å². The van der Waals surface area contributed by atoms with Gasteiger partial charge in [0.1, 0.15) is 12.1 Å². The predicted octanol–water partition coefficient (Wildman–Crippen LogP) is 2.33. The molecule has 1 aromatic carbocycles. The third-order valence-electron chi connectivity index (χ3n) is 5.92. The highest BCUT2D eigenvalue weighted by atomic mass is 16.2. The maximum absolute atomic E-state index is 12.9. The summed E-state index contributed by atoms with van der Waals surface area (Å²) in [6.07, 6.45) is 3.44. The van der Waals surface area contributed by atoms with Gasteiger partial charge in [0.25, 0.3) is 5.91 Å². The van der Waals surface area contributed by atoms with E-state index < -0.39 is 17.5 Å². The number of nitrogens with zero attached hydrogens (tertiary/aromatic N) is 1. The number of carbonyl (C=O) groups excluding carboxylic acids is 4. The summed E-state index contributed by atoms with van der Waals surface area (Å²) in [7, 11) is 0. The monoisotopic (exact) mass is 429 g/mol. The van der Waals surface area contributed by atoms with Crippen molar-refractivity contribution in [3.63, 3.8) is 0 Å². The first-order chi connectivity index (χ1) is 14.7. The molecule has 9 nitrogen and oxygen atoms in total. The minimum Gasteiger partial charge on any atom is -0.350 e. The van der Waals surface area contributed by atoms with Gasteiger partial charge in [0.15, 0.2) is 0 Å². The van der Waals surface area contributed by atoms with Crippen LogP contribution in [0.1, 0.15) is 52.0 Å². The van der Waals surface area contributed by atoms with Crippen molar-refractivity contribution >= 4 is 29.6 Å². The smallest absolute Gasteiger partial charge is 0.325 e. The molecule has 0 radical (unpaired) electrons. The minimum absolute atomic E-state index is 0.0373. The lowest BCUT2D eigenvalue weighted by Gasteiger charge is -2.36. The SMILES string of the molecule is CC(C)NC(=O)Nc1ccc(CNC(=O)CN2C(=O)NC3(CCCCC3C)C2=O)cc1. The summed E-state index contributed by atoms with van der Waals surface area (Å²) < 4.78 is 0. The van der Waals surface area contributed by atoms with Crippen LogP contribution in [-0.2, 0) is 16.1 Å². The second-order valence-electron chi connectivity index (χ2n) is 8.67. The molecule has 1 aromatic rings. The van der Waals surface area contributed by atoms with E-state index in [9.17, 15) is 19.2 Å². The third-order valence-corrected chi connectivity index (χ3v) is 5.92. The fourth-order valence-corrected chi connectivity index (χ4v) is 4.17. The molecular formula is C22H31N5O4. The Labute approximate surface area is 182 Å². The summed E-state index contributed by atoms with van der Waals surface area (Å²) >= 11 is 0. The zero-order chi connectivity index (χ0) is 22.6. The standard InChI is InChI=1S/C22H31N5O4/c1-14(2)24-20(30)25-17-9-7-16(8-10-17)12-23-18(28)13-27-19(29)22(26-21(27)31)11-5-4-6-15(22)3/h7-10,14-15H,4-6,11-13H2,1-3H3,(H,23,28)(H,26,31)(H2,24,25,30).